The summed E-state index contributed by atoms with van der Waals surface area (Å²) >= 11 is 5.93. The van der Waals surface area contributed by atoms with Crippen LogP contribution in [0, 0.1) is 5.92 Å². The van der Waals surface area contributed by atoms with Crippen molar-refractivity contribution in [3.63, 3.8) is 0 Å². The van der Waals surface area contributed by atoms with Gasteiger partial charge in [-0.05, 0) is 49.8 Å². The van der Waals surface area contributed by atoms with Crippen molar-refractivity contribution in [2.45, 2.75) is 31.8 Å². The quantitative estimate of drug-likeness (QED) is 0.920. The van der Waals surface area contributed by atoms with Gasteiger partial charge in [-0.3, -0.25) is 0 Å². The molecule has 1 aromatic carbocycles. The highest BCUT2D eigenvalue weighted by atomic mass is 35.5. The van der Waals surface area contributed by atoms with E-state index >= 15 is 0 Å². The lowest BCUT2D eigenvalue weighted by atomic mass is 10.1. The smallest absolute Gasteiger partial charge is 0.321 e. The molecule has 1 saturated carbocycles. The van der Waals surface area contributed by atoms with Crippen LogP contribution in [0.2, 0.25) is 5.02 Å². The Balaban J connectivity index is 1.51. The van der Waals surface area contributed by atoms with Gasteiger partial charge in [0.1, 0.15) is 0 Å². The second-order valence-electron chi connectivity index (χ2n) is 5.93. The number of urea groups is 1. The molecule has 1 saturated heterocycles. The molecule has 1 heterocycles. The first-order chi connectivity index (χ1) is 10.2. The SMILES string of the molecule is O=C(Nc1cccc(Cl)c1)N1CCCC(OCC2CC2)C1. The van der Waals surface area contributed by atoms with E-state index in [0.29, 0.717) is 11.6 Å². The number of nitrogens with one attached hydrogen (secondary N) is 1. The number of hydrogen-bond acceptors (Lipinski definition) is 2. The third kappa shape index (κ3) is 4.35. The van der Waals surface area contributed by atoms with E-state index in [1.807, 2.05) is 17.0 Å². The van der Waals surface area contributed by atoms with Gasteiger partial charge in [0.05, 0.1) is 6.10 Å². The van der Waals surface area contributed by atoms with Crippen LogP contribution in [0.15, 0.2) is 24.3 Å². The van der Waals surface area contributed by atoms with Gasteiger partial charge in [0.15, 0.2) is 0 Å². The predicted octanol–water partition coefficient (Wildman–Crippen LogP) is 3.76. The molecule has 0 spiro atoms. The van der Waals surface area contributed by atoms with Crippen LogP contribution in [0.25, 0.3) is 0 Å². The Morgan fingerprint density at radius 3 is 3.00 bits per heavy atom. The van der Waals surface area contributed by atoms with Gasteiger partial charge in [0.2, 0.25) is 0 Å². The lowest BCUT2D eigenvalue weighted by molar-refractivity contribution is 0.00597. The molecule has 1 aliphatic heterocycles. The van der Waals surface area contributed by atoms with Gasteiger partial charge in [-0.25, -0.2) is 4.79 Å². The number of hydrogen-bond donors (Lipinski definition) is 1. The zero-order chi connectivity index (χ0) is 14.7. The fraction of sp³-hybridized carbons (Fsp3) is 0.562. The number of carbonyl (C=O) groups excluding carboxylic acids is 1. The summed E-state index contributed by atoms with van der Waals surface area (Å²) in [5.74, 6) is 0.765. The first kappa shape index (κ1) is 14.7. The third-order valence-corrected chi connectivity index (χ3v) is 4.24. The fourth-order valence-corrected chi connectivity index (χ4v) is 2.77. The maximum atomic E-state index is 12.3. The summed E-state index contributed by atoms with van der Waals surface area (Å²) in [4.78, 5) is 14.1. The van der Waals surface area contributed by atoms with E-state index < -0.39 is 0 Å². The van der Waals surface area contributed by atoms with E-state index in [9.17, 15) is 4.79 Å². The van der Waals surface area contributed by atoms with Crippen LogP contribution < -0.4 is 5.32 Å². The molecular formula is C16H21ClN2O2. The van der Waals surface area contributed by atoms with Gasteiger partial charge in [0.25, 0.3) is 0 Å². The number of anilines is 1. The van der Waals surface area contributed by atoms with E-state index in [0.717, 1.165) is 37.6 Å². The highest BCUT2D eigenvalue weighted by Gasteiger charge is 2.27. The first-order valence-electron chi connectivity index (χ1n) is 7.64. The van der Waals surface area contributed by atoms with Crippen molar-refractivity contribution in [2.24, 2.45) is 5.92 Å². The molecule has 1 aromatic rings. The Bertz CT molecular complexity index is 505. The first-order valence-corrected chi connectivity index (χ1v) is 8.01. The van der Waals surface area contributed by atoms with E-state index in [4.69, 9.17) is 16.3 Å². The summed E-state index contributed by atoms with van der Waals surface area (Å²) in [5, 5.41) is 3.52. The van der Waals surface area contributed by atoms with Gasteiger partial charge in [-0.2, -0.15) is 0 Å². The Morgan fingerprint density at radius 1 is 1.38 bits per heavy atom. The number of likely N-dealkylation sites (tertiary alicyclic amines) is 1. The minimum absolute atomic E-state index is 0.0722. The van der Waals surface area contributed by atoms with Crippen molar-refractivity contribution in [3.05, 3.63) is 29.3 Å². The molecule has 1 N–H and O–H groups in total. The number of ether oxygens (including phenoxy) is 1. The Kier molecular flexibility index (Phi) is 4.66. The third-order valence-electron chi connectivity index (χ3n) is 4.01. The number of halogens is 1. The molecule has 4 nitrogen and oxygen atoms in total. The largest absolute Gasteiger partial charge is 0.376 e. The average Bonchev–Trinajstić information content (AvgIpc) is 3.30. The van der Waals surface area contributed by atoms with Crippen molar-refractivity contribution in [2.75, 3.05) is 25.0 Å². The summed E-state index contributed by atoms with van der Waals surface area (Å²) < 4.78 is 5.91. The van der Waals surface area contributed by atoms with Crippen molar-refractivity contribution in [1.82, 2.24) is 4.90 Å². The number of nitrogens with zero attached hydrogens (tertiary/aromatic N) is 1. The van der Waals surface area contributed by atoms with Gasteiger partial charge in [-0.15, -0.1) is 0 Å². The second kappa shape index (κ2) is 6.67. The second-order valence-corrected chi connectivity index (χ2v) is 6.36. The maximum Gasteiger partial charge on any atom is 0.321 e. The standard InChI is InChI=1S/C16H21ClN2O2/c17-13-3-1-4-14(9-13)18-16(20)19-8-2-5-15(10-19)21-11-12-6-7-12/h1,3-4,9,12,15H,2,5-8,10-11H2,(H,18,20). The van der Waals surface area contributed by atoms with E-state index in [-0.39, 0.29) is 12.1 Å². The van der Waals surface area contributed by atoms with Crippen LogP contribution in [0.3, 0.4) is 0 Å². The van der Waals surface area contributed by atoms with Crippen molar-refractivity contribution >= 4 is 23.3 Å². The topological polar surface area (TPSA) is 41.6 Å². The molecule has 114 valence electrons. The van der Waals surface area contributed by atoms with Crippen LogP contribution in [-0.4, -0.2) is 36.7 Å². The summed E-state index contributed by atoms with van der Waals surface area (Å²) in [7, 11) is 0. The van der Waals surface area contributed by atoms with Crippen LogP contribution in [0.4, 0.5) is 10.5 Å². The number of benzene rings is 1. The molecule has 2 fully saturated rings. The van der Waals surface area contributed by atoms with Crippen molar-refractivity contribution in [1.29, 1.82) is 0 Å². The molecule has 0 bridgehead atoms. The van der Waals surface area contributed by atoms with E-state index in [2.05, 4.69) is 5.32 Å². The molecule has 3 rings (SSSR count). The molecule has 1 aliphatic carbocycles. The number of rotatable bonds is 4. The van der Waals surface area contributed by atoms with Gasteiger partial charge < -0.3 is 15.0 Å². The van der Waals surface area contributed by atoms with Crippen molar-refractivity contribution in [3.8, 4) is 0 Å². The van der Waals surface area contributed by atoms with Crippen LogP contribution >= 0.6 is 11.6 Å². The highest BCUT2D eigenvalue weighted by Crippen LogP contribution is 2.30. The highest BCUT2D eigenvalue weighted by molar-refractivity contribution is 6.30. The minimum atomic E-state index is -0.0722. The zero-order valence-electron chi connectivity index (χ0n) is 12.1. The minimum Gasteiger partial charge on any atom is -0.376 e. The molecule has 0 aromatic heterocycles. The molecule has 1 unspecified atom stereocenters. The summed E-state index contributed by atoms with van der Waals surface area (Å²) in [6.07, 6.45) is 4.83. The molecule has 0 radical (unpaired) electrons. The van der Waals surface area contributed by atoms with Crippen LogP contribution in [0.5, 0.6) is 0 Å². The lowest BCUT2D eigenvalue weighted by Gasteiger charge is -2.32. The molecule has 2 amide bonds. The van der Waals surface area contributed by atoms with Gasteiger partial charge in [0, 0.05) is 30.4 Å². The normalized spacial score (nSPS) is 22.1. The molecule has 1 atom stereocenters. The summed E-state index contributed by atoms with van der Waals surface area (Å²) in [5.41, 5.74) is 0.730. The van der Waals surface area contributed by atoms with E-state index in [1.165, 1.54) is 12.8 Å². The summed E-state index contributed by atoms with van der Waals surface area (Å²) in [6.45, 7) is 2.32. The monoisotopic (exact) mass is 308 g/mol. The summed E-state index contributed by atoms with van der Waals surface area (Å²) in [6, 6.07) is 7.14. The van der Waals surface area contributed by atoms with Crippen molar-refractivity contribution < 1.29 is 9.53 Å². The fourth-order valence-electron chi connectivity index (χ4n) is 2.58. The average molecular weight is 309 g/mol. The Labute approximate surface area is 130 Å². The van der Waals surface area contributed by atoms with Gasteiger partial charge in [-0.1, -0.05) is 17.7 Å². The molecular weight excluding hydrogens is 288 g/mol. The number of piperidine rings is 1. The Hall–Kier alpha value is -1.26. The maximum absolute atomic E-state index is 12.3. The predicted molar refractivity (Wildman–Crippen MR) is 83.7 cm³/mol. The van der Waals surface area contributed by atoms with Crippen LogP contribution in [-0.2, 0) is 4.74 Å². The molecule has 21 heavy (non-hydrogen) atoms. The lowest BCUT2D eigenvalue weighted by Crippen LogP contribution is -2.45. The van der Waals surface area contributed by atoms with E-state index in [1.54, 1.807) is 12.1 Å². The molecule has 5 heteroatoms. The van der Waals surface area contributed by atoms with Crippen LogP contribution in [0.1, 0.15) is 25.7 Å². The number of carbonyl (C=O) groups is 1. The molecule has 2 aliphatic rings. The Morgan fingerprint density at radius 2 is 2.24 bits per heavy atom. The number of amides is 2. The van der Waals surface area contributed by atoms with Gasteiger partial charge >= 0.3 is 6.03 Å². The zero-order valence-corrected chi connectivity index (χ0v) is 12.8.